The van der Waals surface area contributed by atoms with Crippen LogP contribution in [0.1, 0.15) is 17.0 Å². The van der Waals surface area contributed by atoms with Crippen LogP contribution in [0.5, 0.6) is 11.5 Å². The maximum Gasteiger partial charge on any atom is 0.151 e. The highest BCUT2D eigenvalue weighted by atomic mass is 16.5. The molecule has 2 atom stereocenters. The number of benzene rings is 3. The Morgan fingerprint density at radius 1 is 0.828 bits per heavy atom. The van der Waals surface area contributed by atoms with Crippen LogP contribution in [-0.2, 0) is 0 Å². The maximum absolute atomic E-state index is 10.1. The van der Waals surface area contributed by atoms with E-state index in [1.54, 1.807) is 14.2 Å². The molecule has 144 valence electrons. The van der Waals surface area contributed by atoms with Gasteiger partial charge in [-0.05, 0) is 59.7 Å². The van der Waals surface area contributed by atoms with Gasteiger partial charge in [-0.1, -0.05) is 30.3 Å². The number of hydrogen-bond acceptors (Lipinski definition) is 5. The highest BCUT2D eigenvalue weighted by Gasteiger charge is 2.40. The van der Waals surface area contributed by atoms with Crippen molar-refractivity contribution in [3.05, 3.63) is 90.0 Å². The first-order valence-electron chi connectivity index (χ1n) is 9.36. The molecule has 5 heteroatoms. The zero-order chi connectivity index (χ0) is 20.2. The number of anilines is 1. The van der Waals surface area contributed by atoms with Crippen LogP contribution in [0.15, 0.2) is 84.0 Å². The molecule has 0 saturated carbocycles. The molecule has 0 bridgehead atoms. The molecule has 0 fully saturated rings. The predicted molar refractivity (Wildman–Crippen MR) is 114 cm³/mol. The van der Waals surface area contributed by atoms with Gasteiger partial charge >= 0.3 is 0 Å². The molecule has 5 nitrogen and oxygen atoms in total. The lowest BCUT2D eigenvalue weighted by atomic mass is 9.85. The Kier molecular flexibility index (Phi) is 5.17. The number of methoxy groups -OCH3 is 2. The first kappa shape index (κ1) is 18.6. The third kappa shape index (κ3) is 3.53. The fourth-order valence-corrected chi connectivity index (χ4v) is 3.61. The third-order valence-electron chi connectivity index (χ3n) is 5.10. The summed E-state index contributed by atoms with van der Waals surface area (Å²) in [6.07, 6.45) is 0. The highest BCUT2D eigenvalue weighted by molar-refractivity contribution is 6.08. The average Bonchev–Trinajstić information content (AvgIpc) is 3.19. The van der Waals surface area contributed by atoms with Gasteiger partial charge in [0, 0.05) is 0 Å². The van der Waals surface area contributed by atoms with Crippen LogP contribution in [-0.4, -0.2) is 26.0 Å². The molecule has 2 unspecified atom stereocenters. The number of hydrazone groups is 1. The van der Waals surface area contributed by atoms with E-state index in [0.717, 1.165) is 34.0 Å². The van der Waals surface area contributed by atoms with E-state index < -0.39 is 6.04 Å². The Hall–Kier alpha value is -3.78. The number of para-hydroxylation sites is 1. The van der Waals surface area contributed by atoms with Gasteiger partial charge in [0.1, 0.15) is 11.5 Å². The van der Waals surface area contributed by atoms with Crippen molar-refractivity contribution < 1.29 is 9.47 Å². The van der Waals surface area contributed by atoms with Crippen molar-refractivity contribution in [3.8, 4) is 17.6 Å². The summed E-state index contributed by atoms with van der Waals surface area (Å²) in [5.74, 6) is 1.37. The van der Waals surface area contributed by atoms with Crippen LogP contribution in [0.3, 0.4) is 0 Å². The van der Waals surface area contributed by atoms with E-state index in [0.29, 0.717) is 0 Å². The van der Waals surface area contributed by atoms with Crippen molar-refractivity contribution in [2.45, 2.75) is 12.0 Å². The summed E-state index contributed by atoms with van der Waals surface area (Å²) in [6.45, 7) is 0. The van der Waals surface area contributed by atoms with Crippen molar-refractivity contribution >= 4 is 11.4 Å². The van der Waals surface area contributed by atoms with Crippen LogP contribution >= 0.6 is 0 Å². The summed E-state index contributed by atoms with van der Waals surface area (Å²) in [4.78, 5) is 0. The van der Waals surface area contributed by atoms with E-state index in [1.165, 1.54) is 0 Å². The number of nitriles is 1. The maximum atomic E-state index is 10.1. The highest BCUT2D eigenvalue weighted by Crippen LogP contribution is 2.37. The molecule has 3 aromatic rings. The standard InChI is InChI=1S/C24H21N3O2/c1-28-20-12-8-17(9-13-20)23-22(16-25)27(19-6-4-3-5-7-19)26-24(23)18-10-14-21(29-2)15-11-18/h3-15,22-23H,1-2H3. The molecule has 1 aliphatic rings. The molecule has 0 aromatic heterocycles. The lowest BCUT2D eigenvalue weighted by Gasteiger charge is -2.22. The molecule has 0 spiro atoms. The van der Waals surface area contributed by atoms with Crippen molar-refractivity contribution in [1.29, 1.82) is 5.26 Å². The van der Waals surface area contributed by atoms with E-state index in [-0.39, 0.29) is 5.92 Å². The minimum absolute atomic E-state index is 0.195. The van der Waals surface area contributed by atoms with Crippen LogP contribution in [0.25, 0.3) is 0 Å². The van der Waals surface area contributed by atoms with Crippen molar-refractivity contribution in [2.75, 3.05) is 19.2 Å². The monoisotopic (exact) mass is 383 g/mol. The van der Waals surface area contributed by atoms with E-state index in [2.05, 4.69) is 6.07 Å². The fourth-order valence-electron chi connectivity index (χ4n) is 3.61. The van der Waals surface area contributed by atoms with E-state index in [9.17, 15) is 5.26 Å². The zero-order valence-corrected chi connectivity index (χ0v) is 16.3. The minimum Gasteiger partial charge on any atom is -0.497 e. The fraction of sp³-hybridized carbons (Fsp3) is 0.167. The van der Waals surface area contributed by atoms with Crippen molar-refractivity contribution in [1.82, 2.24) is 0 Å². The molecule has 29 heavy (non-hydrogen) atoms. The molecule has 0 amide bonds. The zero-order valence-electron chi connectivity index (χ0n) is 16.3. The van der Waals surface area contributed by atoms with E-state index >= 15 is 0 Å². The molecule has 0 N–H and O–H groups in total. The minimum atomic E-state index is -0.456. The van der Waals surface area contributed by atoms with Gasteiger partial charge < -0.3 is 9.47 Å². The van der Waals surface area contributed by atoms with Gasteiger partial charge in [0.25, 0.3) is 0 Å². The Bertz CT molecular complexity index is 1040. The Morgan fingerprint density at radius 3 is 1.97 bits per heavy atom. The summed E-state index contributed by atoms with van der Waals surface area (Å²) in [7, 11) is 3.29. The number of ether oxygens (including phenoxy) is 2. The first-order valence-corrected chi connectivity index (χ1v) is 9.36. The predicted octanol–water partition coefficient (Wildman–Crippen LogP) is 4.60. The Morgan fingerprint density at radius 2 is 1.41 bits per heavy atom. The molecule has 3 aromatic carbocycles. The van der Waals surface area contributed by atoms with Gasteiger partial charge in [-0.15, -0.1) is 0 Å². The summed E-state index contributed by atoms with van der Waals surface area (Å²) in [5.41, 5.74) is 3.73. The second kappa shape index (κ2) is 8.07. The molecule has 1 aliphatic heterocycles. The topological polar surface area (TPSA) is 57.8 Å². The van der Waals surface area contributed by atoms with Gasteiger partial charge in [-0.3, -0.25) is 0 Å². The largest absolute Gasteiger partial charge is 0.497 e. The van der Waals surface area contributed by atoms with E-state index in [4.69, 9.17) is 14.6 Å². The Balaban J connectivity index is 1.82. The SMILES string of the molecule is COc1ccc(C2=NN(c3ccccc3)C(C#N)C2c2ccc(OC)cc2)cc1. The van der Waals surface area contributed by atoms with Gasteiger partial charge in [0.15, 0.2) is 6.04 Å². The Labute approximate surface area is 170 Å². The quantitative estimate of drug-likeness (QED) is 0.646. The van der Waals surface area contributed by atoms with Gasteiger partial charge in [0.2, 0.25) is 0 Å². The molecular formula is C24H21N3O2. The van der Waals surface area contributed by atoms with Crippen molar-refractivity contribution in [3.63, 3.8) is 0 Å². The van der Waals surface area contributed by atoms with Crippen molar-refractivity contribution in [2.24, 2.45) is 5.10 Å². The first-order chi connectivity index (χ1) is 14.2. The summed E-state index contributed by atoms with van der Waals surface area (Å²) in [6, 6.07) is 27.4. The van der Waals surface area contributed by atoms with Gasteiger partial charge in [0.05, 0.1) is 37.6 Å². The lowest BCUT2D eigenvalue weighted by Crippen LogP contribution is -2.30. The van der Waals surface area contributed by atoms with Gasteiger partial charge in [-0.2, -0.15) is 10.4 Å². The second-order valence-electron chi connectivity index (χ2n) is 6.72. The van der Waals surface area contributed by atoms with Crippen LogP contribution in [0.2, 0.25) is 0 Å². The summed E-state index contributed by atoms with van der Waals surface area (Å²) in [5, 5.41) is 16.8. The van der Waals surface area contributed by atoms with Crippen LogP contribution in [0, 0.1) is 11.3 Å². The number of nitrogens with zero attached hydrogens (tertiary/aromatic N) is 3. The van der Waals surface area contributed by atoms with E-state index in [1.807, 2.05) is 83.9 Å². The summed E-state index contributed by atoms with van der Waals surface area (Å²) >= 11 is 0. The molecule has 4 rings (SSSR count). The smallest absolute Gasteiger partial charge is 0.151 e. The molecule has 1 heterocycles. The summed E-state index contributed by atoms with van der Waals surface area (Å²) < 4.78 is 10.6. The van der Waals surface area contributed by atoms with Crippen LogP contribution < -0.4 is 14.5 Å². The number of hydrogen-bond donors (Lipinski definition) is 0. The second-order valence-corrected chi connectivity index (χ2v) is 6.72. The van der Waals surface area contributed by atoms with Gasteiger partial charge in [-0.25, -0.2) is 5.01 Å². The lowest BCUT2D eigenvalue weighted by molar-refractivity contribution is 0.414. The normalized spacial score (nSPS) is 18.1. The molecular weight excluding hydrogens is 362 g/mol. The molecule has 0 saturated heterocycles. The van der Waals surface area contributed by atoms with Crippen LogP contribution in [0.4, 0.5) is 5.69 Å². The average molecular weight is 383 g/mol. The molecule has 0 aliphatic carbocycles. The third-order valence-corrected chi connectivity index (χ3v) is 5.10. The number of rotatable bonds is 5. The molecule has 0 radical (unpaired) electrons.